The second-order valence-electron chi connectivity index (χ2n) is 5.16. The minimum Gasteiger partial charge on any atom is -0.395 e. The fourth-order valence-electron chi connectivity index (χ4n) is 2.34. The Labute approximate surface area is 121 Å². The van der Waals surface area contributed by atoms with Gasteiger partial charge in [-0.05, 0) is 30.0 Å². The molecule has 2 atom stereocenters. The van der Waals surface area contributed by atoms with E-state index in [4.69, 9.17) is 0 Å². The van der Waals surface area contributed by atoms with Crippen molar-refractivity contribution in [2.24, 2.45) is 0 Å². The van der Waals surface area contributed by atoms with E-state index in [-0.39, 0.29) is 18.7 Å². The SMILES string of the molecule is CC[C@H](CO)NC(C)c1ccc(-c2ccccc2)cc1. The molecule has 2 heteroatoms. The third kappa shape index (κ3) is 3.69. The Kier molecular flexibility index (Phi) is 5.33. The van der Waals surface area contributed by atoms with Gasteiger partial charge < -0.3 is 10.4 Å². The third-order valence-corrected chi connectivity index (χ3v) is 3.72. The summed E-state index contributed by atoms with van der Waals surface area (Å²) in [6, 6.07) is 19.4. The minimum absolute atomic E-state index is 0.166. The molecule has 0 aliphatic heterocycles. The molecule has 0 radical (unpaired) electrons. The fourth-order valence-corrected chi connectivity index (χ4v) is 2.34. The maximum Gasteiger partial charge on any atom is 0.0584 e. The topological polar surface area (TPSA) is 32.3 Å². The summed E-state index contributed by atoms with van der Waals surface area (Å²) >= 11 is 0. The van der Waals surface area contributed by atoms with Crippen molar-refractivity contribution in [2.45, 2.75) is 32.4 Å². The van der Waals surface area contributed by atoms with Crippen molar-refractivity contribution < 1.29 is 5.11 Å². The number of aliphatic hydroxyl groups excluding tert-OH is 1. The molecule has 0 aromatic heterocycles. The molecule has 2 N–H and O–H groups in total. The van der Waals surface area contributed by atoms with Crippen LogP contribution in [-0.4, -0.2) is 17.8 Å². The lowest BCUT2D eigenvalue weighted by Crippen LogP contribution is -2.33. The van der Waals surface area contributed by atoms with E-state index in [2.05, 4.69) is 67.7 Å². The molecule has 0 heterocycles. The van der Waals surface area contributed by atoms with Crippen LogP contribution in [0.2, 0.25) is 0 Å². The van der Waals surface area contributed by atoms with Crippen LogP contribution >= 0.6 is 0 Å². The van der Waals surface area contributed by atoms with Crippen molar-refractivity contribution >= 4 is 0 Å². The minimum atomic E-state index is 0.166. The Morgan fingerprint density at radius 3 is 2.10 bits per heavy atom. The van der Waals surface area contributed by atoms with E-state index in [0.717, 1.165) is 6.42 Å². The maximum absolute atomic E-state index is 9.25. The molecular formula is C18H23NO. The number of aliphatic hydroxyl groups is 1. The Balaban J connectivity index is 2.08. The molecule has 1 unspecified atom stereocenters. The summed E-state index contributed by atoms with van der Waals surface area (Å²) in [5.74, 6) is 0. The first-order valence-corrected chi connectivity index (χ1v) is 7.27. The highest BCUT2D eigenvalue weighted by Crippen LogP contribution is 2.22. The van der Waals surface area contributed by atoms with Crippen LogP contribution in [0.1, 0.15) is 31.9 Å². The second kappa shape index (κ2) is 7.22. The van der Waals surface area contributed by atoms with Crippen LogP contribution in [0.5, 0.6) is 0 Å². The summed E-state index contributed by atoms with van der Waals surface area (Å²) in [5, 5.41) is 12.7. The molecule has 0 spiro atoms. The first-order valence-electron chi connectivity index (χ1n) is 7.27. The first kappa shape index (κ1) is 14.8. The van der Waals surface area contributed by atoms with E-state index in [1.54, 1.807) is 0 Å². The van der Waals surface area contributed by atoms with Gasteiger partial charge in [0.15, 0.2) is 0 Å². The third-order valence-electron chi connectivity index (χ3n) is 3.72. The Morgan fingerprint density at radius 1 is 0.950 bits per heavy atom. The summed E-state index contributed by atoms with van der Waals surface area (Å²) in [5.41, 5.74) is 3.72. The van der Waals surface area contributed by atoms with Crippen molar-refractivity contribution in [1.29, 1.82) is 0 Å². The predicted molar refractivity (Wildman–Crippen MR) is 84.6 cm³/mol. The van der Waals surface area contributed by atoms with Crippen molar-refractivity contribution in [3.05, 3.63) is 60.2 Å². The highest BCUT2D eigenvalue weighted by Gasteiger charge is 2.10. The van der Waals surface area contributed by atoms with Gasteiger partial charge in [0, 0.05) is 12.1 Å². The van der Waals surface area contributed by atoms with Crippen LogP contribution in [0.25, 0.3) is 11.1 Å². The Morgan fingerprint density at radius 2 is 1.55 bits per heavy atom. The zero-order chi connectivity index (χ0) is 14.4. The van der Waals surface area contributed by atoms with E-state index in [1.807, 2.05) is 6.07 Å². The molecule has 0 amide bonds. The lowest BCUT2D eigenvalue weighted by Gasteiger charge is -2.21. The fraction of sp³-hybridized carbons (Fsp3) is 0.333. The van der Waals surface area contributed by atoms with E-state index in [1.165, 1.54) is 16.7 Å². The van der Waals surface area contributed by atoms with Gasteiger partial charge in [-0.15, -0.1) is 0 Å². The van der Waals surface area contributed by atoms with Crippen molar-refractivity contribution in [3.8, 4) is 11.1 Å². The molecule has 0 fully saturated rings. The van der Waals surface area contributed by atoms with E-state index < -0.39 is 0 Å². The average Bonchev–Trinajstić information content (AvgIpc) is 2.53. The number of rotatable bonds is 6. The maximum atomic E-state index is 9.25. The smallest absolute Gasteiger partial charge is 0.0584 e. The van der Waals surface area contributed by atoms with E-state index in [0.29, 0.717) is 0 Å². The number of benzene rings is 2. The van der Waals surface area contributed by atoms with Crippen molar-refractivity contribution in [3.63, 3.8) is 0 Å². The summed E-state index contributed by atoms with van der Waals surface area (Å²) in [4.78, 5) is 0. The molecule has 0 aliphatic carbocycles. The molecule has 106 valence electrons. The molecule has 2 aromatic rings. The highest BCUT2D eigenvalue weighted by molar-refractivity contribution is 5.63. The molecule has 0 saturated carbocycles. The van der Waals surface area contributed by atoms with Gasteiger partial charge in [-0.2, -0.15) is 0 Å². The first-order chi connectivity index (χ1) is 9.74. The van der Waals surface area contributed by atoms with Crippen LogP contribution in [-0.2, 0) is 0 Å². The predicted octanol–water partition coefficient (Wildman–Crippen LogP) is 3.78. The van der Waals surface area contributed by atoms with Gasteiger partial charge in [-0.25, -0.2) is 0 Å². The molecular weight excluding hydrogens is 246 g/mol. The number of hydrogen-bond acceptors (Lipinski definition) is 2. The molecule has 0 bridgehead atoms. The normalized spacial score (nSPS) is 13.9. The van der Waals surface area contributed by atoms with E-state index in [9.17, 15) is 5.11 Å². The summed E-state index contributed by atoms with van der Waals surface area (Å²) in [6.07, 6.45) is 0.933. The second-order valence-corrected chi connectivity index (χ2v) is 5.16. The van der Waals surface area contributed by atoms with E-state index >= 15 is 0 Å². The van der Waals surface area contributed by atoms with Gasteiger partial charge in [0.25, 0.3) is 0 Å². The average molecular weight is 269 g/mol. The monoisotopic (exact) mass is 269 g/mol. The van der Waals surface area contributed by atoms with Gasteiger partial charge in [-0.1, -0.05) is 61.5 Å². The van der Waals surface area contributed by atoms with Crippen molar-refractivity contribution in [2.75, 3.05) is 6.61 Å². The van der Waals surface area contributed by atoms with Gasteiger partial charge in [0.05, 0.1) is 6.61 Å². The van der Waals surface area contributed by atoms with Gasteiger partial charge in [-0.3, -0.25) is 0 Å². The zero-order valence-corrected chi connectivity index (χ0v) is 12.2. The van der Waals surface area contributed by atoms with Crippen LogP contribution in [0.15, 0.2) is 54.6 Å². The number of nitrogens with one attached hydrogen (secondary N) is 1. The highest BCUT2D eigenvalue weighted by atomic mass is 16.3. The van der Waals surface area contributed by atoms with Gasteiger partial charge >= 0.3 is 0 Å². The van der Waals surface area contributed by atoms with Gasteiger partial charge in [0.2, 0.25) is 0 Å². The molecule has 2 aromatic carbocycles. The van der Waals surface area contributed by atoms with Crippen LogP contribution in [0.3, 0.4) is 0 Å². The molecule has 2 nitrogen and oxygen atoms in total. The summed E-state index contributed by atoms with van der Waals surface area (Å²) in [7, 11) is 0. The van der Waals surface area contributed by atoms with Crippen LogP contribution in [0.4, 0.5) is 0 Å². The molecule has 2 rings (SSSR count). The zero-order valence-electron chi connectivity index (χ0n) is 12.2. The molecule has 20 heavy (non-hydrogen) atoms. The Hall–Kier alpha value is -1.64. The molecule has 0 aliphatic rings. The lowest BCUT2D eigenvalue weighted by atomic mass is 10.0. The summed E-state index contributed by atoms with van der Waals surface area (Å²) in [6.45, 7) is 4.40. The van der Waals surface area contributed by atoms with Gasteiger partial charge in [0.1, 0.15) is 0 Å². The Bertz CT molecular complexity index is 503. The number of hydrogen-bond donors (Lipinski definition) is 2. The largest absolute Gasteiger partial charge is 0.395 e. The lowest BCUT2D eigenvalue weighted by molar-refractivity contribution is 0.230. The van der Waals surface area contributed by atoms with Crippen LogP contribution < -0.4 is 5.32 Å². The quantitative estimate of drug-likeness (QED) is 0.836. The summed E-state index contributed by atoms with van der Waals surface area (Å²) < 4.78 is 0. The standard InChI is InChI=1S/C18H23NO/c1-3-18(13-20)19-14(2)15-9-11-17(12-10-15)16-7-5-4-6-8-16/h4-12,14,18-20H,3,13H2,1-2H3/t14?,18-/m1/s1. The van der Waals surface area contributed by atoms with Crippen LogP contribution in [0, 0.1) is 0 Å². The molecule has 0 saturated heterocycles. The van der Waals surface area contributed by atoms with Crippen molar-refractivity contribution in [1.82, 2.24) is 5.32 Å².